The van der Waals surface area contributed by atoms with Crippen molar-refractivity contribution in [3.05, 3.63) is 191 Å². The predicted octanol–water partition coefficient (Wildman–Crippen LogP) is 15.0. The van der Waals surface area contributed by atoms with Crippen LogP contribution in [0.1, 0.15) is 81.3 Å². The van der Waals surface area contributed by atoms with Crippen LogP contribution in [0.15, 0.2) is 158 Å². The zero-order valence-electron chi connectivity index (χ0n) is 32.7. The number of benzene rings is 6. The van der Waals surface area contributed by atoms with E-state index in [9.17, 15) is 0 Å². The van der Waals surface area contributed by atoms with Gasteiger partial charge in [0.05, 0.1) is 0 Å². The molecular weight excluding hydrogens is 815 g/mol. The van der Waals surface area contributed by atoms with Crippen LogP contribution in [-0.2, 0) is 20.0 Å². The van der Waals surface area contributed by atoms with Gasteiger partial charge in [0.15, 0.2) is 0 Å². The molecule has 0 N–H and O–H groups in total. The van der Waals surface area contributed by atoms with Crippen LogP contribution in [0.25, 0.3) is 44.5 Å². The molecule has 2 aliphatic carbocycles. The molecule has 0 fully saturated rings. The van der Waals surface area contributed by atoms with Gasteiger partial charge in [-0.3, -0.25) is 0 Å². The Balaban J connectivity index is 1.39. The van der Waals surface area contributed by atoms with Gasteiger partial charge < -0.3 is 0 Å². The van der Waals surface area contributed by atoms with Gasteiger partial charge in [0.1, 0.15) is 0 Å². The molecule has 4 bridgehead atoms. The van der Waals surface area contributed by atoms with Crippen molar-refractivity contribution in [2.24, 2.45) is 17.3 Å². The molecule has 6 aromatic carbocycles. The number of hydrogen-bond donors (Lipinski definition) is 0. The first-order valence-electron chi connectivity index (χ1n) is 20.2. The van der Waals surface area contributed by atoms with Crippen molar-refractivity contribution in [2.75, 3.05) is 0 Å². The van der Waals surface area contributed by atoms with Crippen LogP contribution >= 0.6 is 0 Å². The first-order chi connectivity index (χ1) is 26.2. The quantitative estimate of drug-likeness (QED) is 0.134. The molecule has 0 saturated carbocycles. The third kappa shape index (κ3) is 5.64. The fourth-order valence-electron chi connectivity index (χ4n) is 11.2. The van der Waals surface area contributed by atoms with Gasteiger partial charge in [-0.05, 0) is 0 Å². The Morgan fingerprint density at radius 1 is 0.407 bits per heavy atom. The van der Waals surface area contributed by atoms with E-state index in [0.717, 1.165) is 12.8 Å². The summed E-state index contributed by atoms with van der Waals surface area (Å²) in [5.74, 6) is 1.03. The first kappa shape index (κ1) is 35.4. The molecule has 0 radical (unpaired) electrons. The van der Waals surface area contributed by atoms with Crippen molar-refractivity contribution in [2.45, 2.75) is 57.2 Å². The minimum atomic E-state index is -3.53. The number of hydrogen-bond acceptors (Lipinski definition) is 0. The van der Waals surface area contributed by atoms with Gasteiger partial charge in [-0.15, -0.1) is 0 Å². The topological polar surface area (TPSA) is 0 Å². The summed E-state index contributed by atoms with van der Waals surface area (Å²) < 4.78 is 6.50. The van der Waals surface area contributed by atoms with Crippen molar-refractivity contribution in [3.63, 3.8) is 0 Å². The molecule has 0 amide bonds. The molecule has 1 heteroatoms. The van der Waals surface area contributed by atoms with E-state index < -0.39 is 20.0 Å². The molecule has 1 aliphatic heterocycles. The third-order valence-corrected chi connectivity index (χ3v) is 27.8. The Labute approximate surface area is 328 Å². The summed E-state index contributed by atoms with van der Waals surface area (Å²) in [7, 11) is 0. The van der Waals surface area contributed by atoms with Gasteiger partial charge in [-0.2, -0.15) is 0 Å². The summed E-state index contributed by atoms with van der Waals surface area (Å²) in [5, 5.41) is 0. The average molecular weight is 867 g/mol. The van der Waals surface area contributed by atoms with Crippen molar-refractivity contribution >= 4 is 22.3 Å². The van der Waals surface area contributed by atoms with Crippen LogP contribution in [0.3, 0.4) is 0 Å². The van der Waals surface area contributed by atoms with E-state index in [-0.39, 0.29) is 5.41 Å². The number of allylic oxidation sites excluding steroid dienone is 4. The van der Waals surface area contributed by atoms with E-state index in [2.05, 4.69) is 195 Å². The van der Waals surface area contributed by atoms with Crippen LogP contribution in [0.2, 0.25) is 9.36 Å². The van der Waals surface area contributed by atoms with Crippen LogP contribution < -0.4 is 0 Å². The van der Waals surface area contributed by atoms with Gasteiger partial charge in [0, 0.05) is 0 Å². The van der Waals surface area contributed by atoms with Crippen molar-refractivity contribution in [1.29, 1.82) is 0 Å². The Hall–Kier alpha value is -4.33. The van der Waals surface area contributed by atoms with Crippen molar-refractivity contribution in [3.8, 4) is 22.3 Å². The van der Waals surface area contributed by atoms with Crippen LogP contribution in [0.5, 0.6) is 0 Å². The predicted molar refractivity (Wildman–Crippen MR) is 229 cm³/mol. The molecule has 9 rings (SSSR count). The van der Waals surface area contributed by atoms with Gasteiger partial charge in [-0.1, -0.05) is 0 Å². The van der Waals surface area contributed by atoms with E-state index in [1.54, 1.807) is 33.4 Å². The SMILES string of the molecule is CC(C)CC1(CC(C)C)C2=C(c3ccc(-c4ccccc4)cc3)[CH](c3ccccc32)[Hf]([CH3])([CH3])[CH]2C(c3ccc(-c4ccccc4)cc3)=C1c1ccccc12. The Kier molecular flexibility index (Phi) is 9.01. The maximum atomic E-state index is 2.80. The van der Waals surface area contributed by atoms with Gasteiger partial charge in [-0.25, -0.2) is 0 Å². The van der Waals surface area contributed by atoms with E-state index >= 15 is 0 Å². The second kappa shape index (κ2) is 13.8. The second-order valence-corrected chi connectivity index (χ2v) is 34.8. The molecule has 0 spiro atoms. The van der Waals surface area contributed by atoms with Gasteiger partial charge >= 0.3 is 330 Å². The number of fused-ring (bicyclic) bond motifs is 8. The first-order valence-corrected chi connectivity index (χ1v) is 31.5. The molecule has 0 saturated heterocycles. The van der Waals surface area contributed by atoms with Crippen LogP contribution in [0, 0.1) is 17.3 Å². The van der Waals surface area contributed by atoms with E-state index in [1.165, 1.54) is 44.5 Å². The molecule has 1 heterocycles. The van der Waals surface area contributed by atoms with E-state index in [0.29, 0.717) is 19.2 Å². The number of rotatable bonds is 8. The maximum absolute atomic E-state index is 3.53. The van der Waals surface area contributed by atoms with Gasteiger partial charge in [0.2, 0.25) is 0 Å². The molecule has 0 aromatic heterocycles. The molecule has 2 atom stereocenters. The normalized spacial score (nSPS) is 19.2. The summed E-state index contributed by atoms with van der Waals surface area (Å²) >= 11 is -3.53. The van der Waals surface area contributed by atoms with Crippen LogP contribution in [0.4, 0.5) is 0 Å². The van der Waals surface area contributed by atoms with Crippen molar-refractivity contribution in [1.82, 2.24) is 0 Å². The Morgan fingerprint density at radius 2 is 0.722 bits per heavy atom. The molecule has 2 unspecified atom stereocenters. The van der Waals surface area contributed by atoms with E-state index in [4.69, 9.17) is 0 Å². The summed E-state index contributed by atoms with van der Waals surface area (Å²) in [4.78, 5) is 0. The molecule has 3 aliphatic rings. The molecule has 54 heavy (non-hydrogen) atoms. The Bertz CT molecular complexity index is 2220. The average Bonchev–Trinajstić information content (AvgIpc) is 3.74. The third-order valence-electron chi connectivity index (χ3n) is 12.8. The van der Waals surface area contributed by atoms with E-state index in [1.807, 2.05) is 0 Å². The molecule has 268 valence electrons. The monoisotopic (exact) mass is 868 g/mol. The summed E-state index contributed by atoms with van der Waals surface area (Å²) in [6, 6.07) is 60.5. The fraction of sp³-hybridized carbons (Fsp3) is 0.245. The second-order valence-electron chi connectivity index (χ2n) is 17.6. The summed E-state index contributed by atoms with van der Waals surface area (Å²) in [6.45, 7) is 9.85. The molecule has 0 nitrogen and oxygen atoms in total. The zero-order chi connectivity index (χ0) is 37.2. The fourth-order valence-corrected chi connectivity index (χ4v) is 27.5. The summed E-state index contributed by atoms with van der Waals surface area (Å²) in [5.41, 5.74) is 20.6. The van der Waals surface area contributed by atoms with Crippen molar-refractivity contribution < 1.29 is 20.0 Å². The zero-order valence-corrected chi connectivity index (χ0v) is 36.3. The minimum absolute atomic E-state index is 0.163. The Morgan fingerprint density at radius 3 is 1.09 bits per heavy atom. The standard InChI is InChI=1S/C51H46.2CH3.Hf/c1-35(2)33-51(34-36(3)4,49-45-21-13-11-19-43(45)31-47(49)41-27-23-39(24-28-41)37-15-7-5-8-16-37)50-46-22-14-12-20-44(46)32-48(50)42-29-25-40(26-30-42)38-17-9-6-10-18-38;;;/h5-32,35-36H,33-34H2,1-4H3;2*1H3;. The van der Waals surface area contributed by atoms with Gasteiger partial charge in [0.25, 0.3) is 0 Å². The van der Waals surface area contributed by atoms with Crippen LogP contribution in [-0.4, -0.2) is 0 Å². The summed E-state index contributed by atoms with van der Waals surface area (Å²) in [6.07, 6.45) is 2.24. The molecular formula is C53H52Hf. The molecule has 6 aromatic rings.